The zero-order chi connectivity index (χ0) is 21.2. The highest BCUT2D eigenvalue weighted by molar-refractivity contribution is 14.0. The van der Waals surface area contributed by atoms with Gasteiger partial charge in [0.15, 0.2) is 5.96 Å². The molecule has 170 valence electrons. The highest BCUT2D eigenvalue weighted by Crippen LogP contribution is 2.26. The van der Waals surface area contributed by atoms with Crippen LogP contribution in [0.4, 0.5) is 8.78 Å². The summed E-state index contributed by atoms with van der Waals surface area (Å²) in [4.78, 5) is 17.9. The topological polar surface area (TPSA) is 75.2 Å². The fraction of sp³-hybridized carbons (Fsp3) is 0.600. The average Bonchev–Trinajstić information content (AvgIpc) is 2.70. The quantitative estimate of drug-likeness (QED) is 0.301. The number of ether oxygens (including phenoxy) is 2. The first-order valence-corrected chi connectivity index (χ1v) is 9.75. The van der Waals surface area contributed by atoms with Crippen LogP contribution >= 0.6 is 24.0 Å². The Morgan fingerprint density at radius 1 is 1.27 bits per heavy atom. The molecule has 2 rings (SSSR count). The minimum Gasteiger partial charge on any atom is -0.497 e. The van der Waals surface area contributed by atoms with E-state index in [-0.39, 0.29) is 54.8 Å². The highest BCUT2D eigenvalue weighted by Gasteiger charge is 2.16. The Kier molecular flexibility index (Phi) is 11.7. The minimum absolute atomic E-state index is 0. The predicted octanol–water partition coefficient (Wildman–Crippen LogP) is 3.37. The van der Waals surface area contributed by atoms with Crippen LogP contribution in [0.2, 0.25) is 0 Å². The van der Waals surface area contributed by atoms with E-state index in [0.717, 1.165) is 25.7 Å². The van der Waals surface area contributed by atoms with Gasteiger partial charge in [0, 0.05) is 25.7 Å². The van der Waals surface area contributed by atoms with E-state index < -0.39 is 6.61 Å². The molecule has 0 atom stereocenters. The molecule has 1 aliphatic carbocycles. The van der Waals surface area contributed by atoms with Crippen LogP contribution in [-0.4, -0.2) is 57.2 Å². The summed E-state index contributed by atoms with van der Waals surface area (Å²) < 4.78 is 35.2. The second-order valence-electron chi connectivity index (χ2n) is 7.14. The molecule has 0 unspecified atom stereocenters. The molecule has 1 aliphatic rings. The Morgan fingerprint density at radius 3 is 2.57 bits per heavy atom. The van der Waals surface area contributed by atoms with E-state index in [2.05, 4.69) is 20.4 Å². The van der Waals surface area contributed by atoms with Crippen LogP contribution in [0.15, 0.2) is 23.2 Å². The Hall–Kier alpha value is -1.85. The Labute approximate surface area is 193 Å². The fourth-order valence-corrected chi connectivity index (χ4v) is 3.09. The number of hydrogen-bond donors (Lipinski definition) is 2. The number of carbonyl (C=O) groups excluding carboxylic acids is 1. The van der Waals surface area contributed by atoms with Crippen molar-refractivity contribution in [2.45, 2.75) is 51.3 Å². The first-order valence-electron chi connectivity index (χ1n) is 9.75. The molecular weight excluding hydrogens is 509 g/mol. The molecule has 0 spiro atoms. The van der Waals surface area contributed by atoms with Crippen LogP contribution in [0.3, 0.4) is 0 Å². The van der Waals surface area contributed by atoms with Gasteiger partial charge in [-0.05, 0) is 31.0 Å². The van der Waals surface area contributed by atoms with Crippen molar-refractivity contribution < 1.29 is 23.0 Å². The third-order valence-corrected chi connectivity index (χ3v) is 4.74. The maximum atomic E-state index is 12.7. The van der Waals surface area contributed by atoms with Gasteiger partial charge < -0.3 is 25.0 Å². The zero-order valence-corrected chi connectivity index (χ0v) is 20.0. The number of hydrogen-bond acceptors (Lipinski definition) is 4. The Bertz CT molecular complexity index is 699. The molecule has 0 heterocycles. The summed E-state index contributed by atoms with van der Waals surface area (Å²) in [5.41, 5.74) is 0.466. The van der Waals surface area contributed by atoms with Crippen molar-refractivity contribution in [3.63, 3.8) is 0 Å². The monoisotopic (exact) mass is 540 g/mol. The van der Waals surface area contributed by atoms with Crippen molar-refractivity contribution in [2.24, 2.45) is 4.99 Å². The van der Waals surface area contributed by atoms with E-state index in [4.69, 9.17) is 4.74 Å². The van der Waals surface area contributed by atoms with Crippen LogP contribution in [0.1, 0.15) is 37.7 Å². The van der Waals surface area contributed by atoms with E-state index >= 15 is 0 Å². The van der Waals surface area contributed by atoms with E-state index in [1.807, 2.05) is 0 Å². The van der Waals surface area contributed by atoms with Gasteiger partial charge in [-0.3, -0.25) is 4.79 Å². The average molecular weight is 540 g/mol. The molecule has 10 heteroatoms. The number of aliphatic imine (C=N–C) groups is 1. The van der Waals surface area contributed by atoms with Gasteiger partial charge in [-0.15, -0.1) is 24.0 Å². The number of rotatable bonds is 8. The van der Waals surface area contributed by atoms with Crippen molar-refractivity contribution in [3.8, 4) is 11.5 Å². The van der Waals surface area contributed by atoms with Gasteiger partial charge in [0.05, 0.1) is 20.2 Å². The summed E-state index contributed by atoms with van der Waals surface area (Å²) in [6.07, 6.45) is 5.56. The molecule has 0 aliphatic heterocycles. The largest absolute Gasteiger partial charge is 0.497 e. The lowest BCUT2D eigenvalue weighted by Crippen LogP contribution is -2.47. The smallest absolute Gasteiger partial charge is 0.387 e. The summed E-state index contributed by atoms with van der Waals surface area (Å²) in [6.45, 7) is -2.75. The molecule has 1 aromatic rings. The molecule has 1 fully saturated rings. The lowest BCUT2D eigenvalue weighted by molar-refractivity contribution is -0.127. The maximum absolute atomic E-state index is 12.7. The second-order valence-corrected chi connectivity index (χ2v) is 7.14. The standard InChI is InChI=1S/C20H30F2N4O3.HI/c1-26(2)18(27)13-24-20(25-15-7-5-4-6-8-15)23-12-14-11-16(28-3)9-10-17(14)29-19(21)22;/h9-11,15,19H,4-8,12-13H2,1-3H3,(H2,23,24,25);1H. The molecule has 0 radical (unpaired) electrons. The number of nitrogens with zero attached hydrogens (tertiary/aromatic N) is 2. The molecule has 1 saturated carbocycles. The summed E-state index contributed by atoms with van der Waals surface area (Å²) in [7, 11) is 4.86. The van der Waals surface area contributed by atoms with E-state index in [9.17, 15) is 13.6 Å². The van der Waals surface area contributed by atoms with Crippen molar-refractivity contribution in [2.75, 3.05) is 27.7 Å². The molecule has 1 aromatic carbocycles. The fourth-order valence-electron chi connectivity index (χ4n) is 3.09. The maximum Gasteiger partial charge on any atom is 0.387 e. The third kappa shape index (κ3) is 8.88. The molecule has 2 N–H and O–H groups in total. The zero-order valence-electron chi connectivity index (χ0n) is 17.6. The van der Waals surface area contributed by atoms with Gasteiger partial charge >= 0.3 is 6.61 Å². The number of guanidine groups is 1. The Morgan fingerprint density at radius 2 is 1.97 bits per heavy atom. The van der Waals surface area contributed by atoms with Crippen molar-refractivity contribution in [3.05, 3.63) is 23.8 Å². The number of halogens is 3. The lowest BCUT2D eigenvalue weighted by Gasteiger charge is -2.25. The van der Waals surface area contributed by atoms with Gasteiger partial charge in [0.25, 0.3) is 0 Å². The van der Waals surface area contributed by atoms with E-state index in [1.54, 1.807) is 26.2 Å². The molecular formula is C20H31F2IN4O3. The number of likely N-dealkylation sites (N-methyl/N-ethyl adjacent to an activating group) is 1. The van der Waals surface area contributed by atoms with Gasteiger partial charge in [0.2, 0.25) is 5.91 Å². The normalized spacial score (nSPS) is 14.7. The third-order valence-electron chi connectivity index (χ3n) is 4.74. The molecule has 0 saturated heterocycles. The molecule has 0 bridgehead atoms. The van der Waals surface area contributed by atoms with Gasteiger partial charge in [-0.25, -0.2) is 4.99 Å². The summed E-state index contributed by atoms with van der Waals surface area (Å²) >= 11 is 0. The van der Waals surface area contributed by atoms with Gasteiger partial charge in [0.1, 0.15) is 11.5 Å². The summed E-state index contributed by atoms with van der Waals surface area (Å²) in [5.74, 6) is 0.949. The van der Waals surface area contributed by atoms with Gasteiger partial charge in [-0.1, -0.05) is 19.3 Å². The lowest BCUT2D eigenvalue weighted by atomic mass is 9.96. The van der Waals surface area contributed by atoms with Crippen molar-refractivity contribution >= 4 is 35.8 Å². The van der Waals surface area contributed by atoms with Gasteiger partial charge in [-0.2, -0.15) is 8.78 Å². The number of carbonyl (C=O) groups is 1. The Balaban J connectivity index is 0.00000450. The van der Waals surface area contributed by atoms with Crippen LogP contribution in [0, 0.1) is 0 Å². The number of alkyl halides is 2. The summed E-state index contributed by atoms with van der Waals surface area (Å²) in [5, 5.41) is 6.39. The molecule has 7 nitrogen and oxygen atoms in total. The second kappa shape index (κ2) is 13.5. The number of nitrogens with one attached hydrogen (secondary N) is 2. The first kappa shape index (κ1) is 26.2. The molecule has 1 amide bonds. The van der Waals surface area contributed by atoms with Crippen LogP contribution in [0.5, 0.6) is 11.5 Å². The van der Waals surface area contributed by atoms with Crippen LogP contribution < -0.4 is 20.1 Å². The van der Waals surface area contributed by atoms with Crippen LogP contribution in [-0.2, 0) is 11.3 Å². The van der Waals surface area contributed by atoms with Crippen LogP contribution in [0.25, 0.3) is 0 Å². The number of benzene rings is 1. The predicted molar refractivity (Wildman–Crippen MR) is 123 cm³/mol. The highest BCUT2D eigenvalue weighted by atomic mass is 127. The van der Waals surface area contributed by atoms with Crippen molar-refractivity contribution in [1.82, 2.24) is 15.5 Å². The van der Waals surface area contributed by atoms with Crippen molar-refractivity contribution in [1.29, 1.82) is 0 Å². The first-order chi connectivity index (χ1) is 13.9. The number of methoxy groups -OCH3 is 1. The minimum atomic E-state index is -2.93. The number of amides is 1. The molecule has 30 heavy (non-hydrogen) atoms. The SMILES string of the molecule is COc1ccc(OC(F)F)c(CN=C(NCC(=O)N(C)C)NC2CCCCC2)c1.I. The van der Waals surface area contributed by atoms with E-state index in [0.29, 0.717) is 17.3 Å². The van der Waals surface area contributed by atoms with E-state index in [1.165, 1.54) is 24.5 Å². The summed E-state index contributed by atoms with van der Waals surface area (Å²) in [6, 6.07) is 4.88. The molecule has 0 aromatic heterocycles.